The Labute approximate surface area is 122 Å². The number of carbonyl (C=O) groups is 1. The number of aryl methyl sites for hydroxylation is 1. The molecule has 0 spiro atoms. The highest BCUT2D eigenvalue weighted by Gasteiger charge is 2.10. The monoisotopic (exact) mass is 289 g/mol. The van der Waals surface area contributed by atoms with Gasteiger partial charge in [-0.15, -0.1) is 0 Å². The number of hydrogen-bond donors (Lipinski definition) is 1. The van der Waals surface area contributed by atoms with Gasteiger partial charge in [0.05, 0.1) is 6.04 Å². The molecule has 21 heavy (non-hydrogen) atoms. The summed E-state index contributed by atoms with van der Waals surface area (Å²) in [6.07, 6.45) is 0.571. The molecule has 2 aromatic rings. The van der Waals surface area contributed by atoms with Crippen LogP contribution in [0.15, 0.2) is 48.5 Å². The van der Waals surface area contributed by atoms with E-state index < -0.39 is 0 Å². The Kier molecular flexibility index (Phi) is 5.04. The van der Waals surface area contributed by atoms with E-state index in [-0.39, 0.29) is 30.0 Å². The van der Waals surface area contributed by atoms with Crippen molar-refractivity contribution < 1.29 is 13.6 Å². The molecule has 0 fully saturated rings. The van der Waals surface area contributed by atoms with Crippen molar-refractivity contribution >= 4 is 5.91 Å². The molecular formula is C17H17F2NO. The summed E-state index contributed by atoms with van der Waals surface area (Å²) in [5.41, 5.74) is 1.36. The summed E-state index contributed by atoms with van der Waals surface area (Å²) in [6, 6.07) is 12.2. The van der Waals surface area contributed by atoms with Crippen LogP contribution in [0.3, 0.4) is 0 Å². The van der Waals surface area contributed by atoms with Gasteiger partial charge in [-0.25, -0.2) is 8.78 Å². The van der Waals surface area contributed by atoms with Crippen molar-refractivity contribution in [2.75, 3.05) is 0 Å². The maximum atomic E-state index is 13.4. The van der Waals surface area contributed by atoms with Crippen LogP contribution in [-0.4, -0.2) is 5.91 Å². The lowest BCUT2D eigenvalue weighted by molar-refractivity contribution is -0.121. The van der Waals surface area contributed by atoms with Crippen molar-refractivity contribution in [1.29, 1.82) is 0 Å². The fourth-order valence-corrected chi connectivity index (χ4v) is 2.10. The first kappa shape index (κ1) is 15.2. The van der Waals surface area contributed by atoms with Crippen LogP contribution in [0, 0.1) is 11.6 Å². The SMILES string of the molecule is C[C@@H](NC(=O)CCc1ccccc1F)c1ccc(F)cc1. The van der Waals surface area contributed by atoms with Gasteiger partial charge in [0.25, 0.3) is 0 Å². The molecule has 0 saturated carbocycles. The first-order valence-corrected chi connectivity index (χ1v) is 6.84. The third-order valence-electron chi connectivity index (χ3n) is 3.33. The van der Waals surface area contributed by atoms with Gasteiger partial charge in [0.2, 0.25) is 5.91 Å². The second kappa shape index (κ2) is 6.97. The Morgan fingerprint density at radius 1 is 1.10 bits per heavy atom. The number of halogens is 2. The van der Waals surface area contributed by atoms with Crippen molar-refractivity contribution in [2.45, 2.75) is 25.8 Å². The lowest BCUT2D eigenvalue weighted by Crippen LogP contribution is -2.26. The zero-order chi connectivity index (χ0) is 15.2. The van der Waals surface area contributed by atoms with Crippen molar-refractivity contribution in [3.05, 3.63) is 71.3 Å². The first-order chi connectivity index (χ1) is 10.1. The summed E-state index contributed by atoms with van der Waals surface area (Å²) in [6.45, 7) is 1.83. The second-order valence-electron chi connectivity index (χ2n) is 4.93. The predicted octanol–water partition coefficient (Wildman–Crippen LogP) is 3.77. The highest BCUT2D eigenvalue weighted by Crippen LogP contribution is 2.14. The van der Waals surface area contributed by atoms with Crippen molar-refractivity contribution in [1.82, 2.24) is 5.32 Å². The maximum absolute atomic E-state index is 13.4. The van der Waals surface area contributed by atoms with Gasteiger partial charge in [0, 0.05) is 6.42 Å². The summed E-state index contributed by atoms with van der Waals surface area (Å²) >= 11 is 0. The Morgan fingerprint density at radius 2 is 1.76 bits per heavy atom. The van der Waals surface area contributed by atoms with Crippen molar-refractivity contribution in [2.24, 2.45) is 0 Å². The molecule has 1 N–H and O–H groups in total. The Morgan fingerprint density at radius 3 is 2.43 bits per heavy atom. The number of amides is 1. The van der Waals surface area contributed by atoms with Gasteiger partial charge in [0.1, 0.15) is 11.6 Å². The molecule has 0 aliphatic rings. The molecule has 1 atom stereocenters. The largest absolute Gasteiger partial charge is 0.350 e. The summed E-state index contributed by atoms with van der Waals surface area (Å²) in [5, 5.41) is 2.82. The van der Waals surface area contributed by atoms with Gasteiger partial charge in [-0.05, 0) is 42.7 Å². The van der Waals surface area contributed by atoms with Gasteiger partial charge in [-0.2, -0.15) is 0 Å². The zero-order valence-corrected chi connectivity index (χ0v) is 11.8. The lowest BCUT2D eigenvalue weighted by Gasteiger charge is -2.14. The van der Waals surface area contributed by atoms with E-state index in [0.29, 0.717) is 12.0 Å². The van der Waals surface area contributed by atoms with E-state index in [9.17, 15) is 13.6 Å². The molecule has 2 rings (SSSR count). The standard InChI is InChI=1S/C17H17F2NO/c1-12(13-6-9-15(18)10-7-13)20-17(21)11-8-14-4-2-3-5-16(14)19/h2-7,9-10,12H,8,11H2,1H3,(H,20,21)/t12-/m1/s1. The average molecular weight is 289 g/mol. The van der Waals surface area contributed by atoms with Crippen molar-refractivity contribution in [3.63, 3.8) is 0 Å². The molecular weight excluding hydrogens is 272 g/mol. The minimum absolute atomic E-state index is 0.157. The van der Waals surface area contributed by atoms with E-state index in [0.717, 1.165) is 5.56 Å². The third-order valence-corrected chi connectivity index (χ3v) is 3.33. The number of carbonyl (C=O) groups excluding carboxylic acids is 1. The number of hydrogen-bond acceptors (Lipinski definition) is 1. The smallest absolute Gasteiger partial charge is 0.220 e. The van der Waals surface area contributed by atoms with Crippen LogP contribution in [0.2, 0.25) is 0 Å². The van der Waals surface area contributed by atoms with Crippen LogP contribution in [0.25, 0.3) is 0 Å². The fraction of sp³-hybridized carbons (Fsp3) is 0.235. The highest BCUT2D eigenvalue weighted by atomic mass is 19.1. The normalized spacial score (nSPS) is 12.0. The molecule has 0 saturated heterocycles. The molecule has 0 aromatic heterocycles. The number of rotatable bonds is 5. The summed E-state index contributed by atoms with van der Waals surface area (Å²) < 4.78 is 26.3. The Balaban J connectivity index is 1.87. The Hall–Kier alpha value is -2.23. The fourth-order valence-electron chi connectivity index (χ4n) is 2.10. The summed E-state index contributed by atoms with van der Waals surface area (Å²) in [7, 11) is 0. The molecule has 0 bridgehead atoms. The van der Waals surface area contributed by atoms with Crippen LogP contribution in [0.5, 0.6) is 0 Å². The molecule has 0 radical (unpaired) electrons. The summed E-state index contributed by atoms with van der Waals surface area (Å²) in [4.78, 5) is 11.9. The Bertz CT molecular complexity index is 610. The number of nitrogens with one attached hydrogen (secondary N) is 1. The van der Waals surface area contributed by atoms with E-state index in [4.69, 9.17) is 0 Å². The minimum Gasteiger partial charge on any atom is -0.350 e. The lowest BCUT2D eigenvalue weighted by atomic mass is 10.1. The summed E-state index contributed by atoms with van der Waals surface area (Å²) in [5.74, 6) is -0.760. The molecule has 0 heterocycles. The zero-order valence-electron chi connectivity index (χ0n) is 11.8. The van der Waals surface area contributed by atoms with Gasteiger partial charge < -0.3 is 5.32 Å². The third kappa shape index (κ3) is 4.38. The quantitative estimate of drug-likeness (QED) is 0.892. The van der Waals surface area contributed by atoms with E-state index in [2.05, 4.69) is 5.32 Å². The molecule has 4 heteroatoms. The maximum Gasteiger partial charge on any atom is 0.220 e. The van der Waals surface area contributed by atoms with E-state index in [1.54, 1.807) is 30.3 Å². The van der Waals surface area contributed by atoms with Crippen LogP contribution >= 0.6 is 0 Å². The molecule has 110 valence electrons. The molecule has 0 aliphatic heterocycles. The van der Waals surface area contributed by atoms with E-state index in [1.807, 2.05) is 6.92 Å². The average Bonchev–Trinajstić information content (AvgIpc) is 2.47. The van der Waals surface area contributed by atoms with E-state index >= 15 is 0 Å². The first-order valence-electron chi connectivity index (χ1n) is 6.84. The molecule has 0 aliphatic carbocycles. The molecule has 2 nitrogen and oxygen atoms in total. The van der Waals surface area contributed by atoms with Crippen LogP contribution in [-0.2, 0) is 11.2 Å². The van der Waals surface area contributed by atoms with Gasteiger partial charge >= 0.3 is 0 Å². The number of benzene rings is 2. The predicted molar refractivity (Wildman–Crippen MR) is 77.7 cm³/mol. The topological polar surface area (TPSA) is 29.1 Å². The molecule has 2 aromatic carbocycles. The van der Waals surface area contributed by atoms with Crippen molar-refractivity contribution in [3.8, 4) is 0 Å². The van der Waals surface area contributed by atoms with Crippen LogP contribution in [0.1, 0.15) is 30.5 Å². The van der Waals surface area contributed by atoms with Gasteiger partial charge in [-0.3, -0.25) is 4.79 Å². The van der Waals surface area contributed by atoms with Gasteiger partial charge in [-0.1, -0.05) is 30.3 Å². The van der Waals surface area contributed by atoms with Crippen LogP contribution in [0.4, 0.5) is 8.78 Å². The second-order valence-corrected chi connectivity index (χ2v) is 4.93. The van der Waals surface area contributed by atoms with E-state index in [1.165, 1.54) is 18.2 Å². The highest BCUT2D eigenvalue weighted by molar-refractivity contribution is 5.76. The van der Waals surface area contributed by atoms with Crippen LogP contribution < -0.4 is 5.32 Å². The van der Waals surface area contributed by atoms with Gasteiger partial charge in [0.15, 0.2) is 0 Å². The minimum atomic E-state index is -0.308. The molecule has 0 unspecified atom stereocenters. The molecule has 1 amide bonds.